The molecule has 0 radical (unpaired) electrons. The molecule has 0 aliphatic heterocycles. The van der Waals surface area contributed by atoms with Gasteiger partial charge in [0.05, 0.1) is 10.4 Å². The molecule has 1 rings (SSSR count). The summed E-state index contributed by atoms with van der Waals surface area (Å²) < 4.78 is 12.9. The maximum absolute atomic E-state index is 12.9. The highest BCUT2D eigenvalue weighted by Gasteiger charge is 2.11. The summed E-state index contributed by atoms with van der Waals surface area (Å²) in [6.07, 6.45) is 0. The van der Waals surface area contributed by atoms with E-state index in [0.717, 1.165) is 6.07 Å². The van der Waals surface area contributed by atoms with Crippen molar-refractivity contribution >= 4 is 39.0 Å². The summed E-state index contributed by atoms with van der Waals surface area (Å²) in [7, 11) is 0. The molecule has 0 spiro atoms. The molecular formula is C8H6BrClFNO. The number of halogens is 3. The number of carbonyl (C=O) groups excluding carboxylic acids is 1. The number of anilines is 1. The number of rotatable bonds is 2. The fraction of sp³-hybridized carbons (Fsp3) is 0.125. The number of hydrogen-bond donors (Lipinski definition) is 1. The Bertz CT molecular complexity index is 356. The molecule has 2 N–H and O–H groups in total. The second kappa shape index (κ2) is 4.07. The van der Waals surface area contributed by atoms with Gasteiger partial charge in [0.15, 0.2) is 5.78 Å². The standard InChI is InChI=1S/C8H6BrClFNO/c9-3-8(13)4-1-6(11)5(10)2-7(4)12/h1-2H,3,12H2. The van der Waals surface area contributed by atoms with Crippen molar-refractivity contribution in [2.45, 2.75) is 0 Å². The van der Waals surface area contributed by atoms with Crippen LogP contribution in [-0.4, -0.2) is 11.1 Å². The van der Waals surface area contributed by atoms with E-state index in [1.807, 2.05) is 0 Å². The van der Waals surface area contributed by atoms with E-state index in [1.165, 1.54) is 6.07 Å². The van der Waals surface area contributed by atoms with Crippen molar-refractivity contribution in [1.82, 2.24) is 0 Å². The molecule has 13 heavy (non-hydrogen) atoms. The second-order valence-electron chi connectivity index (χ2n) is 2.41. The quantitative estimate of drug-likeness (QED) is 0.508. The molecule has 5 heteroatoms. The average Bonchev–Trinajstić information content (AvgIpc) is 2.10. The molecule has 70 valence electrons. The van der Waals surface area contributed by atoms with Gasteiger partial charge in [0.25, 0.3) is 0 Å². The molecule has 0 unspecified atom stereocenters. The van der Waals surface area contributed by atoms with Gasteiger partial charge in [-0.15, -0.1) is 0 Å². The second-order valence-corrected chi connectivity index (χ2v) is 3.38. The lowest BCUT2D eigenvalue weighted by molar-refractivity contribution is 0.102. The summed E-state index contributed by atoms with van der Waals surface area (Å²) in [5.74, 6) is -0.909. The van der Waals surface area contributed by atoms with E-state index >= 15 is 0 Å². The molecule has 1 aromatic rings. The molecule has 0 bridgehead atoms. The molecule has 1 aromatic carbocycles. The van der Waals surface area contributed by atoms with Crippen LogP contribution in [0.15, 0.2) is 12.1 Å². The number of Topliss-reactive ketones (excluding diaryl/α,β-unsaturated/α-hetero) is 1. The summed E-state index contributed by atoms with van der Waals surface area (Å²) >= 11 is 8.42. The Hall–Kier alpha value is -0.610. The van der Waals surface area contributed by atoms with Crippen molar-refractivity contribution in [1.29, 1.82) is 0 Å². The molecule has 0 atom stereocenters. The molecule has 0 saturated heterocycles. The van der Waals surface area contributed by atoms with Crippen LogP contribution in [0, 0.1) is 5.82 Å². The molecule has 0 fully saturated rings. The predicted molar refractivity (Wildman–Crippen MR) is 53.9 cm³/mol. The predicted octanol–water partition coefficient (Wildman–Crippen LogP) is 2.64. The number of ketones is 1. The van der Waals surface area contributed by atoms with Crippen LogP contribution in [0.25, 0.3) is 0 Å². The van der Waals surface area contributed by atoms with Crippen molar-refractivity contribution < 1.29 is 9.18 Å². The van der Waals surface area contributed by atoms with E-state index in [1.54, 1.807) is 0 Å². The molecule has 2 nitrogen and oxygen atoms in total. The highest BCUT2D eigenvalue weighted by Crippen LogP contribution is 2.22. The van der Waals surface area contributed by atoms with Gasteiger partial charge in [-0.05, 0) is 12.1 Å². The summed E-state index contributed by atoms with van der Waals surface area (Å²) in [6.45, 7) is 0. The first kappa shape index (κ1) is 10.5. The monoisotopic (exact) mass is 265 g/mol. The van der Waals surface area contributed by atoms with Crippen molar-refractivity contribution in [3.8, 4) is 0 Å². The van der Waals surface area contributed by atoms with Gasteiger partial charge in [-0.25, -0.2) is 4.39 Å². The van der Waals surface area contributed by atoms with Crippen LogP contribution in [0.1, 0.15) is 10.4 Å². The van der Waals surface area contributed by atoms with Crippen LogP contribution >= 0.6 is 27.5 Å². The Labute approximate surface area is 88.0 Å². The SMILES string of the molecule is Nc1cc(Cl)c(F)cc1C(=O)CBr. The van der Waals surface area contributed by atoms with Crippen LogP contribution in [0.2, 0.25) is 5.02 Å². The lowest BCUT2D eigenvalue weighted by Gasteiger charge is -2.03. The topological polar surface area (TPSA) is 43.1 Å². The molecular weight excluding hydrogens is 260 g/mol. The number of hydrogen-bond acceptors (Lipinski definition) is 2. The van der Waals surface area contributed by atoms with Gasteiger partial charge in [-0.1, -0.05) is 27.5 Å². The summed E-state index contributed by atoms with van der Waals surface area (Å²) in [5.41, 5.74) is 5.82. The Morgan fingerprint density at radius 2 is 2.23 bits per heavy atom. The zero-order chi connectivity index (χ0) is 10.0. The van der Waals surface area contributed by atoms with Gasteiger partial charge in [-0.2, -0.15) is 0 Å². The summed E-state index contributed by atoms with van der Waals surface area (Å²) in [4.78, 5) is 11.2. The van der Waals surface area contributed by atoms with Crippen molar-refractivity contribution in [3.63, 3.8) is 0 Å². The summed E-state index contributed by atoms with van der Waals surface area (Å²) in [6, 6.07) is 2.27. The van der Waals surface area contributed by atoms with E-state index in [4.69, 9.17) is 17.3 Å². The minimum Gasteiger partial charge on any atom is -0.398 e. The zero-order valence-electron chi connectivity index (χ0n) is 6.48. The van der Waals surface area contributed by atoms with Gasteiger partial charge in [0.1, 0.15) is 5.82 Å². The van der Waals surface area contributed by atoms with Gasteiger partial charge >= 0.3 is 0 Å². The Balaban J connectivity index is 3.23. The highest BCUT2D eigenvalue weighted by molar-refractivity contribution is 9.09. The number of nitrogens with two attached hydrogens (primary N) is 1. The van der Waals surface area contributed by atoms with Gasteiger partial charge in [0.2, 0.25) is 0 Å². The minimum absolute atomic E-state index is 0.0800. The Kier molecular flexibility index (Phi) is 3.27. The van der Waals surface area contributed by atoms with Crippen LogP contribution in [-0.2, 0) is 0 Å². The van der Waals surface area contributed by atoms with E-state index in [0.29, 0.717) is 0 Å². The third-order valence-corrected chi connectivity index (χ3v) is 2.31. The van der Waals surface area contributed by atoms with Crippen molar-refractivity contribution in [3.05, 3.63) is 28.5 Å². The zero-order valence-corrected chi connectivity index (χ0v) is 8.82. The number of carbonyl (C=O) groups is 1. The first-order valence-electron chi connectivity index (χ1n) is 3.40. The van der Waals surface area contributed by atoms with E-state index in [-0.39, 0.29) is 27.4 Å². The third-order valence-electron chi connectivity index (χ3n) is 1.51. The molecule has 0 aliphatic rings. The lowest BCUT2D eigenvalue weighted by Crippen LogP contribution is -2.05. The maximum Gasteiger partial charge on any atom is 0.175 e. The van der Waals surface area contributed by atoms with Crippen LogP contribution < -0.4 is 5.73 Å². The van der Waals surface area contributed by atoms with E-state index < -0.39 is 5.82 Å². The van der Waals surface area contributed by atoms with Crippen molar-refractivity contribution in [2.24, 2.45) is 0 Å². The van der Waals surface area contributed by atoms with Gasteiger partial charge < -0.3 is 5.73 Å². The maximum atomic E-state index is 12.9. The van der Waals surface area contributed by atoms with E-state index in [9.17, 15) is 9.18 Å². The van der Waals surface area contributed by atoms with Crippen LogP contribution in [0.4, 0.5) is 10.1 Å². The van der Waals surface area contributed by atoms with Crippen LogP contribution in [0.3, 0.4) is 0 Å². The van der Waals surface area contributed by atoms with Gasteiger partial charge in [-0.3, -0.25) is 4.79 Å². The molecule has 0 heterocycles. The number of alkyl halides is 1. The first-order chi connectivity index (χ1) is 6.06. The van der Waals surface area contributed by atoms with Crippen molar-refractivity contribution in [2.75, 3.05) is 11.1 Å². The third kappa shape index (κ3) is 2.19. The normalized spacial score (nSPS) is 10.1. The lowest BCUT2D eigenvalue weighted by atomic mass is 10.1. The highest BCUT2D eigenvalue weighted by atomic mass is 79.9. The number of nitrogen functional groups attached to an aromatic ring is 1. The fourth-order valence-electron chi connectivity index (χ4n) is 0.876. The smallest absolute Gasteiger partial charge is 0.175 e. The molecule has 0 saturated carbocycles. The van der Waals surface area contributed by atoms with Gasteiger partial charge in [0, 0.05) is 11.3 Å². The molecule has 0 amide bonds. The number of benzene rings is 1. The first-order valence-corrected chi connectivity index (χ1v) is 4.90. The largest absolute Gasteiger partial charge is 0.398 e. The average molecular weight is 266 g/mol. The van der Waals surface area contributed by atoms with Crippen LogP contribution in [0.5, 0.6) is 0 Å². The fourth-order valence-corrected chi connectivity index (χ4v) is 1.35. The van der Waals surface area contributed by atoms with E-state index in [2.05, 4.69) is 15.9 Å². The summed E-state index contributed by atoms with van der Waals surface area (Å²) in [5, 5.41) is 0.0294. The Morgan fingerprint density at radius 1 is 1.62 bits per heavy atom. The Morgan fingerprint density at radius 3 is 2.77 bits per heavy atom. The minimum atomic E-state index is -0.639. The molecule has 0 aliphatic carbocycles. The molecule has 0 aromatic heterocycles.